The van der Waals surface area contributed by atoms with E-state index >= 15 is 0 Å². The van der Waals surface area contributed by atoms with Gasteiger partial charge in [0.25, 0.3) is 5.56 Å². The minimum Gasteiger partial charge on any atom is -0.496 e. The number of pyridine rings is 1. The average Bonchev–Trinajstić information content (AvgIpc) is 3.22. The van der Waals surface area contributed by atoms with E-state index in [-0.39, 0.29) is 5.52 Å². The van der Waals surface area contributed by atoms with Crippen LogP contribution >= 0.6 is 0 Å². The molecule has 8 heteroatoms. The third-order valence-corrected chi connectivity index (χ3v) is 5.87. The van der Waals surface area contributed by atoms with Crippen molar-refractivity contribution in [3.8, 4) is 11.8 Å². The number of rotatable bonds is 4. The van der Waals surface area contributed by atoms with E-state index in [1.807, 2.05) is 18.2 Å². The normalized spacial score (nSPS) is 14.5. The number of nitriles is 1. The van der Waals surface area contributed by atoms with Crippen molar-refractivity contribution in [2.45, 2.75) is 13.0 Å². The third-order valence-electron chi connectivity index (χ3n) is 5.87. The van der Waals surface area contributed by atoms with Crippen molar-refractivity contribution in [2.75, 3.05) is 20.2 Å². The van der Waals surface area contributed by atoms with Crippen LogP contribution in [0.1, 0.15) is 23.2 Å². The Bertz CT molecular complexity index is 1460. The number of aromatic nitrogens is 3. The molecule has 32 heavy (non-hydrogen) atoms. The standard InChI is InChI=1S/C24H20FN5O2/c1-32-22-11-21-20(28-24(31)23-18(25)6-9-30(21)23)10-17(22)14-29-7-4-16(5-8-29)19-3-2-15(12-26)13-27-19/h2-4,6,9-11,13H,5,7-8,14H2,1H3,(H,28,31). The van der Waals surface area contributed by atoms with E-state index in [0.717, 1.165) is 36.3 Å². The summed E-state index contributed by atoms with van der Waals surface area (Å²) in [5, 5.41) is 8.93. The number of nitrogens with one attached hydrogen (secondary N) is 1. The fourth-order valence-electron chi connectivity index (χ4n) is 4.21. The van der Waals surface area contributed by atoms with Crippen LogP contribution in [-0.4, -0.2) is 39.5 Å². The van der Waals surface area contributed by atoms with Gasteiger partial charge in [-0.1, -0.05) is 6.08 Å². The Morgan fingerprint density at radius 1 is 1.31 bits per heavy atom. The van der Waals surface area contributed by atoms with E-state index in [0.29, 0.717) is 28.9 Å². The van der Waals surface area contributed by atoms with Crippen LogP contribution in [0.3, 0.4) is 0 Å². The van der Waals surface area contributed by atoms with Gasteiger partial charge < -0.3 is 14.1 Å². The first-order valence-electron chi connectivity index (χ1n) is 10.2. The van der Waals surface area contributed by atoms with Crippen LogP contribution in [0.15, 0.2) is 53.6 Å². The molecular weight excluding hydrogens is 409 g/mol. The van der Waals surface area contributed by atoms with Gasteiger partial charge in [-0.05, 0) is 36.3 Å². The van der Waals surface area contributed by atoms with Gasteiger partial charge in [-0.3, -0.25) is 14.7 Å². The SMILES string of the molecule is COc1cc2c(cc1CN1CC=C(c3ccc(C#N)cn3)CC1)[nH]c(=O)c1c(F)ccn12. The molecule has 0 bridgehead atoms. The predicted molar refractivity (Wildman–Crippen MR) is 119 cm³/mol. The lowest BCUT2D eigenvalue weighted by Crippen LogP contribution is -2.28. The number of fused-ring (bicyclic) bond motifs is 3. The van der Waals surface area contributed by atoms with Gasteiger partial charge in [0.2, 0.25) is 0 Å². The molecule has 0 atom stereocenters. The van der Waals surface area contributed by atoms with E-state index in [2.05, 4.69) is 27.0 Å². The van der Waals surface area contributed by atoms with Crippen LogP contribution in [0.2, 0.25) is 0 Å². The van der Waals surface area contributed by atoms with Crippen LogP contribution in [0, 0.1) is 17.1 Å². The Kier molecular flexibility index (Phi) is 4.96. The first kappa shape index (κ1) is 20.0. The fraction of sp³-hybridized carbons (Fsp3) is 0.208. The number of hydrogen-bond acceptors (Lipinski definition) is 5. The van der Waals surface area contributed by atoms with Gasteiger partial charge in [0.05, 0.1) is 29.4 Å². The van der Waals surface area contributed by atoms with Crippen LogP contribution < -0.4 is 10.3 Å². The van der Waals surface area contributed by atoms with Crippen LogP contribution in [0.4, 0.5) is 4.39 Å². The van der Waals surface area contributed by atoms with E-state index in [1.165, 1.54) is 6.07 Å². The lowest BCUT2D eigenvalue weighted by Gasteiger charge is -2.27. The fourth-order valence-corrected chi connectivity index (χ4v) is 4.21. The van der Waals surface area contributed by atoms with Crippen LogP contribution in [-0.2, 0) is 6.54 Å². The summed E-state index contributed by atoms with van der Waals surface area (Å²) in [5.74, 6) is 0.132. The van der Waals surface area contributed by atoms with Gasteiger partial charge in [-0.2, -0.15) is 5.26 Å². The summed E-state index contributed by atoms with van der Waals surface area (Å²) < 4.78 is 21.2. The van der Waals surface area contributed by atoms with Gasteiger partial charge >= 0.3 is 0 Å². The maximum absolute atomic E-state index is 14.0. The van der Waals surface area contributed by atoms with E-state index < -0.39 is 11.4 Å². The number of benzene rings is 1. The molecule has 1 N–H and O–H groups in total. The Balaban J connectivity index is 1.42. The molecule has 0 radical (unpaired) electrons. The lowest BCUT2D eigenvalue weighted by atomic mass is 10.0. The Labute approximate surface area is 183 Å². The van der Waals surface area contributed by atoms with Crippen molar-refractivity contribution >= 4 is 22.1 Å². The molecular formula is C24H20FN5O2. The van der Waals surface area contributed by atoms with Crippen molar-refractivity contribution < 1.29 is 9.13 Å². The molecule has 1 aliphatic heterocycles. The summed E-state index contributed by atoms with van der Waals surface area (Å²) in [5.41, 5.74) is 4.39. The van der Waals surface area contributed by atoms with Crippen molar-refractivity contribution in [1.29, 1.82) is 5.26 Å². The van der Waals surface area contributed by atoms with Gasteiger partial charge in [0.15, 0.2) is 5.82 Å². The lowest BCUT2D eigenvalue weighted by molar-refractivity contribution is 0.287. The molecule has 0 saturated heterocycles. The topological polar surface area (TPSA) is 86.4 Å². The molecule has 1 aromatic carbocycles. The molecule has 0 fully saturated rings. The second-order valence-corrected chi connectivity index (χ2v) is 7.78. The highest BCUT2D eigenvalue weighted by molar-refractivity contribution is 5.81. The van der Waals surface area contributed by atoms with Gasteiger partial charge in [0, 0.05) is 43.7 Å². The molecule has 0 aliphatic carbocycles. The highest BCUT2D eigenvalue weighted by Crippen LogP contribution is 2.28. The number of nitrogens with zero attached hydrogens (tertiary/aromatic N) is 4. The summed E-state index contributed by atoms with van der Waals surface area (Å²) in [7, 11) is 1.61. The van der Waals surface area contributed by atoms with E-state index in [1.54, 1.807) is 30.0 Å². The molecule has 0 amide bonds. The molecule has 7 nitrogen and oxygen atoms in total. The molecule has 0 unspecified atom stereocenters. The first-order valence-corrected chi connectivity index (χ1v) is 10.2. The van der Waals surface area contributed by atoms with Crippen LogP contribution in [0.25, 0.3) is 22.1 Å². The van der Waals surface area contributed by atoms with Crippen molar-refractivity contribution in [2.24, 2.45) is 0 Å². The van der Waals surface area contributed by atoms with Crippen molar-refractivity contribution in [1.82, 2.24) is 19.3 Å². The first-order chi connectivity index (χ1) is 15.6. The Morgan fingerprint density at radius 2 is 2.19 bits per heavy atom. The number of methoxy groups -OCH3 is 1. The molecule has 0 spiro atoms. The number of aromatic amines is 1. The Morgan fingerprint density at radius 3 is 2.88 bits per heavy atom. The largest absolute Gasteiger partial charge is 0.496 e. The number of halogens is 1. The highest BCUT2D eigenvalue weighted by Gasteiger charge is 2.18. The van der Waals surface area contributed by atoms with Crippen molar-refractivity contribution in [3.63, 3.8) is 0 Å². The molecule has 0 saturated carbocycles. The van der Waals surface area contributed by atoms with Crippen LogP contribution in [0.5, 0.6) is 5.75 Å². The van der Waals surface area contributed by atoms with Gasteiger partial charge in [0.1, 0.15) is 17.3 Å². The number of H-pyrrole nitrogens is 1. The third kappa shape index (κ3) is 3.43. The van der Waals surface area contributed by atoms with Gasteiger partial charge in [-0.25, -0.2) is 4.39 Å². The number of ether oxygens (including phenoxy) is 1. The van der Waals surface area contributed by atoms with Crippen molar-refractivity contribution in [3.05, 3.63) is 81.8 Å². The molecule has 5 rings (SSSR count). The predicted octanol–water partition coefficient (Wildman–Crippen LogP) is 3.48. The maximum Gasteiger partial charge on any atom is 0.275 e. The number of hydrogen-bond donors (Lipinski definition) is 1. The van der Waals surface area contributed by atoms with E-state index in [9.17, 15) is 9.18 Å². The second kappa shape index (κ2) is 7.94. The zero-order chi connectivity index (χ0) is 22.2. The van der Waals surface area contributed by atoms with E-state index in [4.69, 9.17) is 10.00 Å². The summed E-state index contributed by atoms with van der Waals surface area (Å²) in [6.07, 6.45) is 6.14. The maximum atomic E-state index is 14.0. The summed E-state index contributed by atoms with van der Waals surface area (Å²) in [4.78, 5) is 21.8. The summed E-state index contributed by atoms with van der Waals surface area (Å²) in [6.45, 7) is 2.23. The van der Waals surface area contributed by atoms with Gasteiger partial charge in [-0.15, -0.1) is 0 Å². The zero-order valence-corrected chi connectivity index (χ0v) is 17.4. The average molecular weight is 429 g/mol. The molecule has 4 heterocycles. The molecule has 3 aromatic heterocycles. The molecule has 4 aromatic rings. The quantitative estimate of drug-likeness (QED) is 0.537. The highest BCUT2D eigenvalue weighted by atomic mass is 19.1. The minimum absolute atomic E-state index is 0.00240. The smallest absolute Gasteiger partial charge is 0.275 e. The molecule has 1 aliphatic rings. The zero-order valence-electron chi connectivity index (χ0n) is 17.4. The summed E-state index contributed by atoms with van der Waals surface area (Å²) >= 11 is 0. The molecule has 160 valence electrons. The second-order valence-electron chi connectivity index (χ2n) is 7.78. The monoisotopic (exact) mass is 429 g/mol. The Hall–Kier alpha value is -3.96. The minimum atomic E-state index is -0.552. The summed E-state index contributed by atoms with van der Waals surface area (Å²) in [6, 6.07) is 10.8.